The summed E-state index contributed by atoms with van der Waals surface area (Å²) >= 11 is 0. The van der Waals surface area contributed by atoms with Crippen molar-refractivity contribution < 1.29 is 4.74 Å². The average Bonchev–Trinajstić information content (AvgIpc) is 2.67. The maximum absolute atomic E-state index is 5.80. The molecule has 0 spiro atoms. The molecule has 0 aliphatic carbocycles. The van der Waals surface area contributed by atoms with Crippen molar-refractivity contribution in [2.24, 2.45) is 4.99 Å². The lowest BCUT2D eigenvalue weighted by Crippen LogP contribution is -2.38. The summed E-state index contributed by atoms with van der Waals surface area (Å²) in [7, 11) is 4.09. The first-order chi connectivity index (χ1) is 13.2. The molecule has 0 fully saturated rings. The van der Waals surface area contributed by atoms with Crippen LogP contribution in [0.1, 0.15) is 18.1 Å². The summed E-state index contributed by atoms with van der Waals surface area (Å²) < 4.78 is 5.80. The second-order valence-electron chi connectivity index (χ2n) is 6.66. The molecule has 27 heavy (non-hydrogen) atoms. The van der Waals surface area contributed by atoms with E-state index in [2.05, 4.69) is 58.9 Å². The molecule has 0 aliphatic rings. The van der Waals surface area contributed by atoms with Gasteiger partial charge in [0.1, 0.15) is 12.4 Å². The summed E-state index contributed by atoms with van der Waals surface area (Å²) in [4.78, 5) is 6.80. The number of likely N-dealkylation sites (N-methyl/N-ethyl adjacent to an activating group) is 1. The monoisotopic (exact) mass is 368 g/mol. The maximum Gasteiger partial charge on any atom is 0.191 e. The molecule has 0 radical (unpaired) electrons. The Kier molecular flexibility index (Phi) is 9.21. The van der Waals surface area contributed by atoms with Crippen LogP contribution in [-0.2, 0) is 13.0 Å². The van der Waals surface area contributed by atoms with Gasteiger partial charge in [0.05, 0.1) is 6.54 Å². The number of hydrogen-bond acceptors (Lipinski definition) is 3. The lowest BCUT2D eigenvalue weighted by molar-refractivity contribution is 0.261. The summed E-state index contributed by atoms with van der Waals surface area (Å²) in [5, 5.41) is 6.71. The Morgan fingerprint density at radius 1 is 1.00 bits per heavy atom. The zero-order valence-corrected chi connectivity index (χ0v) is 16.7. The van der Waals surface area contributed by atoms with Gasteiger partial charge < -0.3 is 20.3 Å². The smallest absolute Gasteiger partial charge is 0.191 e. The van der Waals surface area contributed by atoms with Crippen molar-refractivity contribution >= 4 is 5.96 Å². The van der Waals surface area contributed by atoms with Crippen LogP contribution in [0.2, 0.25) is 0 Å². The number of nitrogens with one attached hydrogen (secondary N) is 2. The van der Waals surface area contributed by atoms with Crippen LogP contribution in [-0.4, -0.2) is 51.2 Å². The summed E-state index contributed by atoms with van der Waals surface area (Å²) in [5.41, 5.74) is 2.46. The molecule has 146 valence electrons. The summed E-state index contributed by atoms with van der Waals surface area (Å²) in [6.07, 6.45) is 0.973. The topological polar surface area (TPSA) is 48.9 Å². The normalized spacial score (nSPS) is 11.5. The third kappa shape index (κ3) is 8.60. The van der Waals surface area contributed by atoms with Crippen LogP contribution < -0.4 is 15.4 Å². The second-order valence-corrected chi connectivity index (χ2v) is 6.66. The van der Waals surface area contributed by atoms with E-state index >= 15 is 0 Å². The van der Waals surface area contributed by atoms with Gasteiger partial charge >= 0.3 is 0 Å². The van der Waals surface area contributed by atoms with Gasteiger partial charge in [-0.25, -0.2) is 4.99 Å². The molecule has 2 N–H and O–H groups in total. The molecule has 0 saturated heterocycles. The molecule has 0 bridgehead atoms. The molecule has 0 heterocycles. The number of hydrogen-bond donors (Lipinski definition) is 2. The lowest BCUT2D eigenvalue weighted by atomic mass is 10.1. The molecule has 5 nitrogen and oxygen atoms in total. The van der Waals surface area contributed by atoms with E-state index in [-0.39, 0.29) is 0 Å². The Labute approximate surface area is 163 Å². The average molecular weight is 369 g/mol. The van der Waals surface area contributed by atoms with Crippen molar-refractivity contribution in [1.82, 2.24) is 15.5 Å². The van der Waals surface area contributed by atoms with Crippen molar-refractivity contribution in [2.45, 2.75) is 19.9 Å². The number of guanidine groups is 1. The zero-order chi connectivity index (χ0) is 19.3. The molecule has 2 aromatic rings. The SMILES string of the molecule is CCNC(=NCc1cccc(OCCN(C)C)c1)NCCc1ccccc1. The van der Waals surface area contributed by atoms with E-state index in [0.717, 1.165) is 43.3 Å². The third-order valence-corrected chi connectivity index (χ3v) is 4.02. The van der Waals surface area contributed by atoms with Crippen LogP contribution in [0, 0.1) is 0 Å². The van der Waals surface area contributed by atoms with E-state index in [9.17, 15) is 0 Å². The molecule has 5 heteroatoms. The number of nitrogens with zero attached hydrogens (tertiary/aromatic N) is 2. The first-order valence-corrected chi connectivity index (χ1v) is 9.60. The predicted molar refractivity (Wildman–Crippen MR) is 113 cm³/mol. The van der Waals surface area contributed by atoms with Crippen LogP contribution >= 0.6 is 0 Å². The molecule has 0 saturated carbocycles. The summed E-state index contributed by atoms with van der Waals surface area (Å²) in [6.45, 7) is 5.97. The lowest BCUT2D eigenvalue weighted by Gasteiger charge is -2.12. The zero-order valence-electron chi connectivity index (χ0n) is 16.7. The van der Waals surface area contributed by atoms with Crippen molar-refractivity contribution in [1.29, 1.82) is 0 Å². The maximum atomic E-state index is 5.80. The van der Waals surface area contributed by atoms with E-state index in [0.29, 0.717) is 13.2 Å². The second kappa shape index (κ2) is 12.0. The Balaban J connectivity index is 1.85. The van der Waals surface area contributed by atoms with Gasteiger partial charge in [0.15, 0.2) is 5.96 Å². The fraction of sp³-hybridized carbons (Fsp3) is 0.409. The highest BCUT2D eigenvalue weighted by molar-refractivity contribution is 5.79. The first kappa shape index (κ1) is 20.8. The number of ether oxygens (including phenoxy) is 1. The Bertz CT molecular complexity index is 686. The largest absolute Gasteiger partial charge is 0.492 e. The molecular formula is C22H32N4O. The molecule has 2 aromatic carbocycles. The van der Waals surface area contributed by atoms with E-state index in [1.165, 1.54) is 5.56 Å². The van der Waals surface area contributed by atoms with Crippen molar-refractivity contribution in [3.05, 3.63) is 65.7 Å². The van der Waals surface area contributed by atoms with Gasteiger partial charge in [0, 0.05) is 19.6 Å². The van der Waals surface area contributed by atoms with E-state index in [4.69, 9.17) is 9.73 Å². The highest BCUT2D eigenvalue weighted by atomic mass is 16.5. The quantitative estimate of drug-likeness (QED) is 0.500. The van der Waals surface area contributed by atoms with Crippen molar-refractivity contribution in [2.75, 3.05) is 40.3 Å². The van der Waals surface area contributed by atoms with Crippen molar-refractivity contribution in [3.8, 4) is 5.75 Å². The summed E-state index contributed by atoms with van der Waals surface area (Å²) in [5.74, 6) is 1.74. The Hall–Kier alpha value is -2.53. The first-order valence-electron chi connectivity index (χ1n) is 9.60. The predicted octanol–water partition coefficient (Wildman–Crippen LogP) is 2.92. The van der Waals surface area contributed by atoms with E-state index in [1.54, 1.807) is 0 Å². The number of benzene rings is 2. The van der Waals surface area contributed by atoms with Gasteiger partial charge in [-0.05, 0) is 50.7 Å². The minimum atomic E-state index is 0.617. The van der Waals surface area contributed by atoms with Crippen LogP contribution in [0.5, 0.6) is 5.75 Å². The Morgan fingerprint density at radius 3 is 2.52 bits per heavy atom. The molecule has 0 atom stereocenters. The van der Waals surface area contributed by atoms with Crippen LogP contribution in [0.3, 0.4) is 0 Å². The molecule has 0 unspecified atom stereocenters. The van der Waals surface area contributed by atoms with Gasteiger partial charge in [0.2, 0.25) is 0 Å². The van der Waals surface area contributed by atoms with Gasteiger partial charge in [0.25, 0.3) is 0 Å². The van der Waals surface area contributed by atoms with Crippen molar-refractivity contribution in [3.63, 3.8) is 0 Å². The van der Waals surface area contributed by atoms with Crippen LogP contribution in [0.4, 0.5) is 0 Å². The number of rotatable bonds is 10. The molecule has 2 rings (SSSR count). The molecular weight excluding hydrogens is 336 g/mol. The van der Waals surface area contributed by atoms with E-state index in [1.807, 2.05) is 32.3 Å². The highest BCUT2D eigenvalue weighted by Gasteiger charge is 2.00. The minimum Gasteiger partial charge on any atom is -0.492 e. The van der Waals surface area contributed by atoms with Gasteiger partial charge in [-0.2, -0.15) is 0 Å². The standard InChI is InChI=1S/C22H32N4O/c1-4-23-22(24-14-13-19-9-6-5-7-10-19)25-18-20-11-8-12-21(17-20)27-16-15-26(2)3/h5-12,17H,4,13-16,18H2,1-3H3,(H2,23,24,25). The molecule has 0 aromatic heterocycles. The molecule has 0 amide bonds. The fourth-order valence-corrected chi connectivity index (χ4v) is 2.56. The van der Waals surface area contributed by atoms with Gasteiger partial charge in [-0.1, -0.05) is 42.5 Å². The van der Waals surface area contributed by atoms with Gasteiger partial charge in [-0.3, -0.25) is 0 Å². The van der Waals surface area contributed by atoms with Crippen LogP contribution in [0.25, 0.3) is 0 Å². The van der Waals surface area contributed by atoms with Crippen LogP contribution in [0.15, 0.2) is 59.6 Å². The Morgan fingerprint density at radius 2 is 1.78 bits per heavy atom. The number of aliphatic imine (C=N–C) groups is 1. The highest BCUT2D eigenvalue weighted by Crippen LogP contribution is 2.14. The van der Waals surface area contributed by atoms with E-state index < -0.39 is 0 Å². The minimum absolute atomic E-state index is 0.617. The fourth-order valence-electron chi connectivity index (χ4n) is 2.56. The molecule has 0 aliphatic heterocycles. The third-order valence-electron chi connectivity index (χ3n) is 4.02. The summed E-state index contributed by atoms with van der Waals surface area (Å²) in [6, 6.07) is 18.6. The van der Waals surface area contributed by atoms with Gasteiger partial charge in [-0.15, -0.1) is 0 Å².